The van der Waals surface area contributed by atoms with Crippen molar-refractivity contribution < 1.29 is 27.5 Å². The lowest BCUT2D eigenvalue weighted by Gasteiger charge is -2.49. The van der Waals surface area contributed by atoms with E-state index in [0.29, 0.717) is 26.2 Å². The van der Waals surface area contributed by atoms with E-state index in [1.807, 2.05) is 6.92 Å². The number of nitrogens with one attached hydrogen (secondary N) is 1. The van der Waals surface area contributed by atoms with Crippen molar-refractivity contribution in [3.05, 3.63) is 0 Å². The number of piperidine rings is 1. The first-order valence-electron chi connectivity index (χ1n) is 9.37. The summed E-state index contributed by atoms with van der Waals surface area (Å²) < 4.78 is 46.5. The first-order valence-corrected chi connectivity index (χ1v) is 9.37. The lowest BCUT2D eigenvalue weighted by atomic mass is 9.97. The molecule has 0 aromatic rings. The average molecular weight is 392 g/mol. The summed E-state index contributed by atoms with van der Waals surface area (Å²) in [5.41, 5.74) is 0. The fraction of sp³-hybridized carbons (Fsp3) is 0.882. The van der Waals surface area contributed by atoms with E-state index < -0.39 is 24.9 Å². The second kappa shape index (κ2) is 7.92. The van der Waals surface area contributed by atoms with Crippen molar-refractivity contribution in [1.29, 1.82) is 0 Å². The number of ether oxygens (including phenoxy) is 1. The summed E-state index contributed by atoms with van der Waals surface area (Å²) in [6.45, 7) is 5.00. The van der Waals surface area contributed by atoms with Gasteiger partial charge in [-0.05, 0) is 13.3 Å². The highest BCUT2D eigenvalue weighted by Gasteiger charge is 2.50. The maximum atomic E-state index is 13.7. The third-order valence-electron chi connectivity index (χ3n) is 5.78. The van der Waals surface area contributed by atoms with Crippen molar-refractivity contribution >= 4 is 11.8 Å². The molecule has 7 nitrogen and oxygen atoms in total. The fourth-order valence-electron chi connectivity index (χ4n) is 4.36. The third-order valence-corrected chi connectivity index (χ3v) is 5.78. The van der Waals surface area contributed by atoms with Gasteiger partial charge in [0.05, 0.1) is 19.4 Å². The van der Waals surface area contributed by atoms with Gasteiger partial charge in [0, 0.05) is 51.6 Å². The van der Waals surface area contributed by atoms with Gasteiger partial charge in [-0.2, -0.15) is 13.2 Å². The Morgan fingerprint density at radius 2 is 1.96 bits per heavy atom. The van der Waals surface area contributed by atoms with Crippen LogP contribution >= 0.6 is 0 Å². The van der Waals surface area contributed by atoms with E-state index in [0.717, 1.165) is 0 Å². The van der Waals surface area contributed by atoms with Gasteiger partial charge in [0.2, 0.25) is 11.8 Å². The second-order valence-corrected chi connectivity index (χ2v) is 7.60. The van der Waals surface area contributed by atoms with Gasteiger partial charge in [-0.25, -0.2) is 0 Å². The van der Waals surface area contributed by atoms with Gasteiger partial charge in [0.15, 0.2) is 0 Å². The predicted molar refractivity (Wildman–Crippen MR) is 90.7 cm³/mol. The molecule has 2 amide bonds. The Labute approximate surface area is 156 Å². The zero-order valence-corrected chi connectivity index (χ0v) is 15.7. The van der Waals surface area contributed by atoms with Gasteiger partial charge >= 0.3 is 6.18 Å². The van der Waals surface area contributed by atoms with E-state index in [2.05, 4.69) is 10.2 Å². The molecule has 0 radical (unpaired) electrons. The Balaban J connectivity index is 1.76. The number of hydrogen-bond donors (Lipinski definition) is 1. The summed E-state index contributed by atoms with van der Waals surface area (Å²) in [5.74, 6) is -0.596. The Bertz CT molecular complexity index is 574. The predicted octanol–water partition coefficient (Wildman–Crippen LogP) is 0.407. The SMILES string of the molecule is CC(=O)N1CCN(C2CC(N3CCOC[C@H]3C)CC(=O)N2)C(C(F)(F)F)C1. The van der Waals surface area contributed by atoms with E-state index in [4.69, 9.17) is 4.74 Å². The molecule has 154 valence electrons. The summed E-state index contributed by atoms with van der Waals surface area (Å²) in [4.78, 5) is 28.5. The van der Waals surface area contributed by atoms with Gasteiger partial charge in [0.1, 0.15) is 6.04 Å². The summed E-state index contributed by atoms with van der Waals surface area (Å²) in [6.07, 6.45) is -4.45. The van der Waals surface area contributed by atoms with Crippen LogP contribution in [-0.4, -0.2) is 96.4 Å². The van der Waals surface area contributed by atoms with Crippen molar-refractivity contribution in [2.45, 2.75) is 57.2 Å². The molecule has 3 aliphatic heterocycles. The highest BCUT2D eigenvalue weighted by molar-refractivity contribution is 5.78. The Morgan fingerprint density at radius 3 is 2.59 bits per heavy atom. The van der Waals surface area contributed by atoms with Crippen molar-refractivity contribution in [2.75, 3.05) is 39.4 Å². The van der Waals surface area contributed by atoms with Gasteiger partial charge in [-0.3, -0.25) is 19.4 Å². The highest BCUT2D eigenvalue weighted by Crippen LogP contribution is 2.32. The van der Waals surface area contributed by atoms with Crippen LogP contribution in [0, 0.1) is 0 Å². The normalized spacial score (nSPS) is 34.4. The number of nitrogens with zero attached hydrogens (tertiary/aromatic N) is 3. The molecule has 3 unspecified atom stereocenters. The maximum Gasteiger partial charge on any atom is 0.405 e. The molecular weight excluding hydrogens is 365 g/mol. The van der Waals surface area contributed by atoms with E-state index in [1.165, 1.54) is 16.7 Å². The first kappa shape index (κ1) is 20.3. The van der Waals surface area contributed by atoms with Crippen LogP contribution in [-0.2, 0) is 14.3 Å². The van der Waals surface area contributed by atoms with E-state index >= 15 is 0 Å². The molecule has 3 fully saturated rings. The number of rotatable bonds is 2. The average Bonchev–Trinajstić information content (AvgIpc) is 2.60. The Morgan fingerprint density at radius 1 is 1.22 bits per heavy atom. The molecule has 0 bridgehead atoms. The number of piperazine rings is 1. The molecule has 4 atom stereocenters. The van der Waals surface area contributed by atoms with E-state index in [1.54, 1.807) is 0 Å². The topological polar surface area (TPSA) is 65.1 Å². The largest absolute Gasteiger partial charge is 0.405 e. The minimum atomic E-state index is -4.47. The molecule has 10 heteroatoms. The molecule has 1 N–H and O–H groups in total. The summed E-state index contributed by atoms with van der Waals surface area (Å²) in [5, 5.41) is 2.74. The van der Waals surface area contributed by atoms with Crippen molar-refractivity contribution in [3.63, 3.8) is 0 Å². The van der Waals surface area contributed by atoms with Gasteiger partial charge < -0.3 is 15.0 Å². The minimum absolute atomic E-state index is 0.0834. The van der Waals surface area contributed by atoms with Crippen molar-refractivity contribution in [3.8, 4) is 0 Å². The second-order valence-electron chi connectivity index (χ2n) is 7.60. The summed E-state index contributed by atoms with van der Waals surface area (Å²) >= 11 is 0. The summed E-state index contributed by atoms with van der Waals surface area (Å²) in [6, 6.07) is -1.76. The quantitative estimate of drug-likeness (QED) is 0.738. The Hall–Kier alpha value is -1.39. The molecule has 0 spiro atoms. The molecule has 0 aromatic carbocycles. The molecule has 3 heterocycles. The van der Waals surface area contributed by atoms with Gasteiger partial charge in [-0.1, -0.05) is 0 Å². The molecule has 0 saturated carbocycles. The number of hydrogen-bond acceptors (Lipinski definition) is 5. The van der Waals surface area contributed by atoms with Crippen LogP contribution in [0.15, 0.2) is 0 Å². The molecule has 3 aliphatic rings. The van der Waals surface area contributed by atoms with Gasteiger partial charge in [0.25, 0.3) is 0 Å². The zero-order chi connectivity index (χ0) is 19.8. The van der Waals surface area contributed by atoms with Crippen LogP contribution in [0.5, 0.6) is 0 Å². The van der Waals surface area contributed by atoms with Crippen LogP contribution in [0.25, 0.3) is 0 Å². The molecule has 3 rings (SSSR count). The van der Waals surface area contributed by atoms with Crippen LogP contribution in [0.2, 0.25) is 0 Å². The number of halogens is 3. The van der Waals surface area contributed by atoms with Gasteiger partial charge in [-0.15, -0.1) is 0 Å². The number of morpholine rings is 1. The van der Waals surface area contributed by atoms with E-state index in [9.17, 15) is 22.8 Å². The molecule has 0 aliphatic carbocycles. The lowest BCUT2D eigenvalue weighted by Crippen LogP contribution is -2.68. The third kappa shape index (κ3) is 4.55. The lowest BCUT2D eigenvalue weighted by molar-refractivity contribution is -0.208. The standard InChI is InChI=1S/C17H27F3N4O3/c1-11-10-27-6-5-23(11)13-7-15(21-16(26)8-13)24-4-3-22(12(2)25)9-14(24)17(18,19)20/h11,13-15H,3-10H2,1-2H3,(H,21,26)/t11-,13?,14?,15?/m1/s1. The van der Waals surface area contributed by atoms with Crippen LogP contribution in [0.4, 0.5) is 13.2 Å². The molecule has 0 aromatic heterocycles. The molecule has 27 heavy (non-hydrogen) atoms. The fourth-order valence-corrected chi connectivity index (χ4v) is 4.36. The first-order chi connectivity index (χ1) is 12.7. The number of carbonyl (C=O) groups is 2. The minimum Gasteiger partial charge on any atom is -0.379 e. The van der Waals surface area contributed by atoms with Crippen LogP contribution in [0.3, 0.4) is 0 Å². The monoisotopic (exact) mass is 392 g/mol. The number of alkyl halides is 3. The number of carbonyl (C=O) groups excluding carboxylic acids is 2. The summed E-state index contributed by atoms with van der Waals surface area (Å²) in [7, 11) is 0. The molecule has 3 saturated heterocycles. The van der Waals surface area contributed by atoms with Crippen LogP contribution in [0.1, 0.15) is 26.7 Å². The van der Waals surface area contributed by atoms with E-state index in [-0.39, 0.29) is 43.4 Å². The van der Waals surface area contributed by atoms with Crippen LogP contribution < -0.4 is 5.32 Å². The smallest absolute Gasteiger partial charge is 0.379 e. The highest BCUT2D eigenvalue weighted by atomic mass is 19.4. The van der Waals surface area contributed by atoms with Crippen molar-refractivity contribution in [1.82, 2.24) is 20.0 Å². The maximum absolute atomic E-state index is 13.7. The molecular formula is C17H27F3N4O3. The van der Waals surface area contributed by atoms with Crippen molar-refractivity contribution in [2.24, 2.45) is 0 Å². The number of amides is 2. The Kier molecular flexibility index (Phi) is 5.97. The zero-order valence-electron chi connectivity index (χ0n) is 15.7.